The number of carbonyl (C=O) groups is 1. The second-order valence-electron chi connectivity index (χ2n) is 6.30. The van der Waals surface area contributed by atoms with Crippen molar-refractivity contribution in [2.45, 2.75) is 66.2 Å². The van der Waals surface area contributed by atoms with Gasteiger partial charge >= 0.3 is 0 Å². The molecule has 2 aliphatic heterocycles. The summed E-state index contributed by atoms with van der Waals surface area (Å²) in [6.45, 7) is 12.0. The van der Waals surface area contributed by atoms with Crippen LogP contribution in [0.5, 0.6) is 0 Å². The molecular formula is C29H39O6S2-. The Morgan fingerprint density at radius 1 is 0.649 bits per heavy atom. The van der Waals surface area contributed by atoms with Gasteiger partial charge in [-0.1, -0.05) is 111 Å². The average molecular weight is 548 g/mol. The molecule has 204 valence electrons. The molecule has 0 amide bonds. The van der Waals surface area contributed by atoms with Gasteiger partial charge < -0.3 is 5.11 Å². The molecule has 2 aliphatic rings. The minimum atomic E-state index is -3.88. The Labute approximate surface area is 223 Å². The van der Waals surface area contributed by atoms with Gasteiger partial charge in [0.25, 0.3) is 0 Å². The summed E-state index contributed by atoms with van der Waals surface area (Å²) in [6, 6.07) is 11.9. The minimum Gasteiger partial charge on any atom is -0.871 e. The van der Waals surface area contributed by atoms with Crippen molar-refractivity contribution in [1.82, 2.24) is 0 Å². The highest BCUT2D eigenvalue weighted by Crippen LogP contribution is 2.36. The van der Waals surface area contributed by atoms with E-state index in [0.717, 1.165) is 12.2 Å². The fraction of sp³-hybridized carbons (Fsp3) is 0.276. The van der Waals surface area contributed by atoms with Crippen molar-refractivity contribution in [3.05, 3.63) is 99.8 Å². The van der Waals surface area contributed by atoms with Gasteiger partial charge in [0.05, 0.1) is 14.7 Å². The van der Waals surface area contributed by atoms with Crippen LogP contribution in [0.3, 0.4) is 0 Å². The number of hydrogen-bond acceptors (Lipinski definition) is 6. The molecule has 0 aliphatic carbocycles. The van der Waals surface area contributed by atoms with E-state index in [4.69, 9.17) is 0 Å². The van der Waals surface area contributed by atoms with Crippen LogP contribution >= 0.6 is 0 Å². The lowest BCUT2D eigenvalue weighted by Crippen LogP contribution is -2.03. The van der Waals surface area contributed by atoms with Gasteiger partial charge in [-0.3, -0.25) is 4.79 Å². The lowest BCUT2D eigenvalue weighted by atomic mass is 10.1. The number of fused-ring (bicyclic) bond motifs is 2. The molecule has 0 bridgehead atoms. The molecule has 37 heavy (non-hydrogen) atoms. The standard InChI is InChI=1S/C21H14O6S2.3C2H6.2CH4/c22-20-14-8-4-6-10-16(14)28(24,25)18(20)12-2-1-3-13-19-21(23)15-9-5-7-11-17(15)29(19,26)27;3*1-2;;/h1-13,22H;3*1-2H3;2*1H4/p-1. The van der Waals surface area contributed by atoms with Crippen LogP contribution in [0.2, 0.25) is 0 Å². The summed E-state index contributed by atoms with van der Waals surface area (Å²) in [6.07, 6.45) is 6.30. The number of carbonyl (C=O) groups excluding carboxylic acids is 1. The van der Waals surface area contributed by atoms with E-state index < -0.39 is 31.2 Å². The molecule has 0 radical (unpaired) electrons. The predicted octanol–water partition coefficient (Wildman–Crippen LogP) is 6.52. The third-order valence-electron chi connectivity index (χ3n) is 4.59. The molecule has 0 spiro atoms. The Hall–Kier alpha value is -3.23. The lowest BCUT2D eigenvalue weighted by molar-refractivity contribution is -0.244. The molecule has 2 heterocycles. The fourth-order valence-corrected chi connectivity index (χ4v) is 6.32. The van der Waals surface area contributed by atoms with Crippen LogP contribution in [-0.2, 0) is 19.7 Å². The summed E-state index contributed by atoms with van der Waals surface area (Å²) < 4.78 is 49.8. The molecule has 0 atom stereocenters. The minimum absolute atomic E-state index is 0. The molecule has 8 heteroatoms. The molecule has 0 saturated heterocycles. The quantitative estimate of drug-likeness (QED) is 0.320. The third kappa shape index (κ3) is 6.96. The van der Waals surface area contributed by atoms with Crippen molar-refractivity contribution >= 4 is 31.2 Å². The normalized spacial score (nSPS) is 16.7. The van der Waals surface area contributed by atoms with Gasteiger partial charge in [0.1, 0.15) is 4.91 Å². The van der Waals surface area contributed by atoms with Gasteiger partial charge in [-0.25, -0.2) is 16.8 Å². The van der Waals surface area contributed by atoms with Gasteiger partial charge in [-0.2, -0.15) is 0 Å². The van der Waals surface area contributed by atoms with Crippen molar-refractivity contribution in [1.29, 1.82) is 0 Å². The molecule has 0 saturated carbocycles. The van der Waals surface area contributed by atoms with Crippen LogP contribution in [0.4, 0.5) is 0 Å². The highest BCUT2D eigenvalue weighted by Gasteiger charge is 2.38. The summed E-state index contributed by atoms with van der Waals surface area (Å²) in [5.74, 6) is -1.18. The molecular weight excluding hydrogens is 508 g/mol. The van der Waals surface area contributed by atoms with E-state index in [1.807, 2.05) is 41.5 Å². The van der Waals surface area contributed by atoms with Crippen LogP contribution in [0.25, 0.3) is 5.76 Å². The second kappa shape index (κ2) is 15.8. The maximum atomic E-state index is 12.5. The first-order chi connectivity index (χ1) is 16.8. The molecule has 0 fully saturated rings. The number of ketones is 1. The van der Waals surface area contributed by atoms with Crippen LogP contribution < -0.4 is 5.11 Å². The number of allylic oxidation sites excluding steroid dienone is 6. The predicted molar refractivity (Wildman–Crippen MR) is 152 cm³/mol. The van der Waals surface area contributed by atoms with Gasteiger partial charge in [-0.15, -0.1) is 0 Å². The second-order valence-corrected chi connectivity index (χ2v) is 10.1. The summed E-state index contributed by atoms with van der Waals surface area (Å²) in [4.78, 5) is 11.5. The topological polar surface area (TPSA) is 108 Å². The number of rotatable bonds is 3. The maximum Gasteiger partial charge on any atom is 0.211 e. The zero-order chi connectivity index (χ0) is 26.8. The number of Topliss-reactive ketones (excluding diaryl/α,β-unsaturated/α-hetero) is 1. The fourth-order valence-electron chi connectivity index (χ4n) is 3.20. The van der Waals surface area contributed by atoms with E-state index in [2.05, 4.69) is 0 Å². The SMILES string of the molecule is C.C.CC.CC.CC.O=C1C(=CC=CC=CC2=C([O-])c3ccccc3S2(=O)=O)S(=O)(=O)c2ccccc21. The van der Waals surface area contributed by atoms with E-state index in [1.165, 1.54) is 42.5 Å². The zero-order valence-corrected chi connectivity index (χ0v) is 22.4. The maximum absolute atomic E-state index is 12.5. The molecule has 0 N–H and O–H groups in total. The number of benzene rings is 2. The van der Waals surface area contributed by atoms with E-state index in [9.17, 15) is 26.7 Å². The molecule has 2 aromatic rings. The van der Waals surface area contributed by atoms with Crippen molar-refractivity contribution in [2.24, 2.45) is 0 Å². The first kappa shape index (κ1) is 35.9. The Morgan fingerprint density at radius 2 is 1.11 bits per heavy atom. The van der Waals surface area contributed by atoms with E-state index in [0.29, 0.717) is 0 Å². The van der Waals surface area contributed by atoms with Gasteiger partial charge in [0, 0.05) is 5.56 Å². The number of sulfone groups is 2. The Morgan fingerprint density at radius 3 is 1.59 bits per heavy atom. The van der Waals surface area contributed by atoms with Gasteiger partial charge in [0.15, 0.2) is 0 Å². The van der Waals surface area contributed by atoms with Crippen molar-refractivity contribution in [3.8, 4) is 0 Å². The largest absolute Gasteiger partial charge is 0.871 e. The molecule has 0 aromatic heterocycles. The highest BCUT2D eigenvalue weighted by molar-refractivity contribution is 7.97. The first-order valence-electron chi connectivity index (χ1n) is 11.5. The Bertz CT molecular complexity index is 1390. The van der Waals surface area contributed by atoms with Crippen LogP contribution in [0.15, 0.2) is 98.5 Å². The highest BCUT2D eigenvalue weighted by atomic mass is 32.2. The summed E-state index contributed by atoms with van der Waals surface area (Å²) in [7, 11) is -7.76. The average Bonchev–Trinajstić information content (AvgIpc) is 3.21. The van der Waals surface area contributed by atoms with Crippen molar-refractivity contribution in [3.63, 3.8) is 0 Å². The van der Waals surface area contributed by atoms with E-state index in [-0.39, 0.29) is 45.6 Å². The van der Waals surface area contributed by atoms with Gasteiger partial charge in [-0.05, 0) is 35.9 Å². The van der Waals surface area contributed by atoms with E-state index >= 15 is 0 Å². The smallest absolute Gasteiger partial charge is 0.211 e. The monoisotopic (exact) mass is 547 g/mol. The first-order valence-corrected chi connectivity index (χ1v) is 14.4. The Balaban J connectivity index is 0. The third-order valence-corrected chi connectivity index (χ3v) is 8.26. The lowest BCUT2D eigenvalue weighted by Gasteiger charge is -2.07. The van der Waals surface area contributed by atoms with Crippen LogP contribution in [0.1, 0.15) is 72.3 Å². The molecule has 0 unspecified atom stereocenters. The zero-order valence-electron chi connectivity index (χ0n) is 20.8. The van der Waals surface area contributed by atoms with Crippen molar-refractivity contribution < 1.29 is 26.7 Å². The Kier molecular flexibility index (Phi) is 15.3. The van der Waals surface area contributed by atoms with Crippen LogP contribution in [0, 0.1) is 0 Å². The summed E-state index contributed by atoms with van der Waals surface area (Å²) >= 11 is 0. The summed E-state index contributed by atoms with van der Waals surface area (Å²) in [5, 5.41) is 12.3. The van der Waals surface area contributed by atoms with E-state index in [1.54, 1.807) is 24.3 Å². The summed E-state index contributed by atoms with van der Waals surface area (Å²) in [5.41, 5.74) is 0.248. The molecule has 6 nitrogen and oxygen atoms in total. The molecule has 2 aromatic carbocycles. The molecule has 4 rings (SSSR count). The van der Waals surface area contributed by atoms with Gasteiger partial charge in [0.2, 0.25) is 25.5 Å². The van der Waals surface area contributed by atoms with Crippen molar-refractivity contribution in [2.75, 3.05) is 0 Å². The van der Waals surface area contributed by atoms with Crippen LogP contribution in [-0.4, -0.2) is 22.6 Å². The number of hydrogen-bond donors (Lipinski definition) is 0.